The standard InChI is InChI=1S/C60H74N8O9/c1-32(2)58(8)30-47(70)67(54(61)65-58)41-28-56(5,6)75-45-21-19-36(25-39(41)45)53(74)64-50-38-17-13-14-18-44(38)77-60(10,51(50)72)24-23-57(7)29-42(68-48(71)31-59(9,33(3)4)66-55(68)62)40-26-35(20-22-46(40)76-57)52(73)63-49-37-16-12-11-15-34(37)27-43(49)69/h11-22,25-26,32-33,41-43,49-51,69,72H,23-24,27-31H2,1-10H3,(H2,61,65)(H2,62,66)(H,63,73)(H,64,74)/t41-,42-,43-,49-,50-,51+,57?,58+,59+,60?/m1/s1. The minimum absolute atomic E-state index is 0.0217. The number of aliphatic hydroxyl groups excluding tert-OH is 2. The van der Waals surface area contributed by atoms with Gasteiger partial charge in [-0.2, -0.15) is 0 Å². The Morgan fingerprint density at radius 2 is 1.13 bits per heavy atom. The first kappa shape index (κ1) is 53.4. The molecule has 0 bridgehead atoms. The van der Waals surface area contributed by atoms with E-state index >= 15 is 0 Å². The first-order valence-electron chi connectivity index (χ1n) is 27.1. The molecule has 4 amide bonds. The van der Waals surface area contributed by atoms with Gasteiger partial charge in [-0.05, 0) is 120 Å². The lowest BCUT2D eigenvalue weighted by Gasteiger charge is -2.48. The van der Waals surface area contributed by atoms with Gasteiger partial charge in [0.15, 0.2) is 11.9 Å². The summed E-state index contributed by atoms with van der Waals surface area (Å²) in [4.78, 5) is 70.0. The van der Waals surface area contributed by atoms with Crippen molar-refractivity contribution in [1.82, 2.24) is 20.4 Å². The molecule has 0 fully saturated rings. The quantitative estimate of drug-likeness (QED) is 0.0852. The topological polar surface area (TPSA) is 244 Å². The lowest BCUT2D eigenvalue weighted by Crippen LogP contribution is -2.57. The average Bonchev–Trinajstić information content (AvgIpc) is 3.70. The Bertz CT molecular complexity index is 3120. The zero-order valence-corrected chi connectivity index (χ0v) is 45.8. The first-order valence-corrected chi connectivity index (χ1v) is 27.1. The first-order chi connectivity index (χ1) is 36.2. The molecule has 5 heterocycles. The molecule has 10 atom stereocenters. The summed E-state index contributed by atoms with van der Waals surface area (Å²) in [5.74, 6) is 0.552. The van der Waals surface area contributed by atoms with Gasteiger partial charge >= 0.3 is 0 Å². The summed E-state index contributed by atoms with van der Waals surface area (Å²) in [6.07, 6.45) is -0.151. The van der Waals surface area contributed by atoms with E-state index in [2.05, 4.69) is 10.6 Å². The number of carbonyl (C=O) groups is 4. The number of hydrogen-bond acceptors (Lipinski definition) is 13. The van der Waals surface area contributed by atoms with Crippen LogP contribution in [-0.2, 0) is 16.0 Å². The highest BCUT2D eigenvalue weighted by Crippen LogP contribution is 2.50. The predicted molar refractivity (Wildman–Crippen MR) is 291 cm³/mol. The molecule has 0 saturated carbocycles. The number of aliphatic hydroxyl groups is 2. The normalized spacial score (nSPS) is 31.1. The fourth-order valence-electron chi connectivity index (χ4n) is 12.3. The molecule has 4 aromatic rings. The lowest BCUT2D eigenvalue weighted by molar-refractivity contribution is -0.134. The van der Waals surface area contributed by atoms with Crippen molar-refractivity contribution >= 4 is 35.5 Å². The van der Waals surface area contributed by atoms with E-state index in [1.165, 1.54) is 4.90 Å². The zero-order valence-electron chi connectivity index (χ0n) is 45.8. The third kappa shape index (κ3) is 9.67. The average molecular weight is 1050 g/mol. The van der Waals surface area contributed by atoms with Crippen LogP contribution in [0.2, 0.25) is 0 Å². The molecule has 6 aliphatic rings. The molecular formula is C60H74N8O9. The molecular weight excluding hydrogens is 977 g/mol. The number of guanidine groups is 2. The van der Waals surface area contributed by atoms with Gasteiger partial charge in [0.05, 0.1) is 54.2 Å². The molecule has 0 saturated heterocycles. The molecule has 408 valence electrons. The van der Waals surface area contributed by atoms with Crippen LogP contribution in [0, 0.1) is 11.8 Å². The molecule has 10 rings (SSSR count). The number of aliphatic imine (C=N–C) groups is 2. The maximum atomic E-state index is 14.6. The number of hydrogen-bond donors (Lipinski definition) is 6. The number of rotatable bonds is 11. The maximum absolute atomic E-state index is 14.6. The minimum Gasteiger partial charge on any atom is -0.487 e. The van der Waals surface area contributed by atoms with Crippen molar-refractivity contribution in [2.24, 2.45) is 33.3 Å². The van der Waals surface area contributed by atoms with Crippen LogP contribution in [0.3, 0.4) is 0 Å². The maximum Gasteiger partial charge on any atom is 0.251 e. The van der Waals surface area contributed by atoms with Crippen molar-refractivity contribution in [3.63, 3.8) is 0 Å². The van der Waals surface area contributed by atoms with E-state index in [-0.39, 0.29) is 61.3 Å². The molecule has 0 aromatic heterocycles. The van der Waals surface area contributed by atoms with Crippen LogP contribution in [0.4, 0.5) is 0 Å². The Labute approximate surface area is 450 Å². The number of nitrogens with two attached hydrogens (primary N) is 2. The van der Waals surface area contributed by atoms with Gasteiger partial charge in [0, 0.05) is 47.1 Å². The Morgan fingerprint density at radius 1 is 0.636 bits per heavy atom. The molecule has 5 aliphatic heterocycles. The lowest BCUT2D eigenvalue weighted by atomic mass is 9.77. The monoisotopic (exact) mass is 1050 g/mol. The number of amides is 4. The van der Waals surface area contributed by atoms with Gasteiger partial charge in [-0.15, -0.1) is 0 Å². The van der Waals surface area contributed by atoms with E-state index in [1.807, 2.05) is 118 Å². The number of fused-ring (bicyclic) bond motifs is 4. The fraction of sp³-hybridized carbons (Fsp3) is 0.500. The summed E-state index contributed by atoms with van der Waals surface area (Å²) in [6, 6.07) is 22.4. The second-order valence-corrected chi connectivity index (χ2v) is 24.5. The summed E-state index contributed by atoms with van der Waals surface area (Å²) in [7, 11) is 0. The van der Waals surface area contributed by atoms with Crippen molar-refractivity contribution < 1.29 is 43.6 Å². The van der Waals surface area contributed by atoms with Gasteiger partial charge in [-0.3, -0.25) is 29.0 Å². The number of ether oxygens (including phenoxy) is 3. The molecule has 2 unspecified atom stereocenters. The second kappa shape index (κ2) is 19.2. The molecule has 1 aliphatic carbocycles. The molecule has 8 N–H and O–H groups in total. The number of para-hydroxylation sites is 1. The van der Waals surface area contributed by atoms with Gasteiger partial charge in [0.25, 0.3) is 11.8 Å². The van der Waals surface area contributed by atoms with Crippen molar-refractivity contribution in [3.8, 4) is 17.2 Å². The molecule has 17 nitrogen and oxygen atoms in total. The van der Waals surface area contributed by atoms with Gasteiger partial charge in [-0.25, -0.2) is 9.98 Å². The van der Waals surface area contributed by atoms with E-state index in [1.54, 1.807) is 41.3 Å². The Hall–Kier alpha value is -6.98. The predicted octanol–water partition coefficient (Wildman–Crippen LogP) is 7.65. The van der Waals surface area contributed by atoms with Crippen molar-refractivity contribution in [3.05, 3.63) is 124 Å². The van der Waals surface area contributed by atoms with Crippen LogP contribution < -0.4 is 36.3 Å². The van der Waals surface area contributed by atoms with Crippen molar-refractivity contribution in [2.75, 3.05) is 0 Å². The fourth-order valence-corrected chi connectivity index (χ4v) is 12.3. The van der Waals surface area contributed by atoms with E-state index in [0.29, 0.717) is 64.3 Å². The molecule has 0 radical (unpaired) electrons. The van der Waals surface area contributed by atoms with E-state index < -0.39 is 76.1 Å². The number of nitrogens with one attached hydrogen (secondary N) is 2. The highest BCUT2D eigenvalue weighted by Gasteiger charge is 2.52. The largest absolute Gasteiger partial charge is 0.487 e. The molecule has 77 heavy (non-hydrogen) atoms. The van der Waals surface area contributed by atoms with Crippen LogP contribution in [-0.4, -0.2) is 95.6 Å². The van der Waals surface area contributed by atoms with Gasteiger partial charge in [0.2, 0.25) is 11.8 Å². The van der Waals surface area contributed by atoms with Crippen LogP contribution in [0.1, 0.15) is 180 Å². The SMILES string of the molecule is CC(C)[C@]1(C)CC(=O)N([C@@H]2CC(C)(C)Oc3ccc(C(=O)N[C@@H]4c5ccccc5OC(C)(CCC5(C)C[C@@H](N6C(=O)C[C@@](C)(C(C)C)N=C6N)c6cc(C(=O)N[C@@H]7c8ccccc8C[C@H]7O)ccc6O5)[C@H]4O)cc32)C(N)=N1. The third-order valence-corrected chi connectivity index (χ3v) is 17.7. The van der Waals surface area contributed by atoms with Crippen LogP contribution >= 0.6 is 0 Å². The Morgan fingerprint density at radius 3 is 1.69 bits per heavy atom. The summed E-state index contributed by atoms with van der Waals surface area (Å²) >= 11 is 0. The van der Waals surface area contributed by atoms with Gasteiger partial charge in [0.1, 0.15) is 40.2 Å². The van der Waals surface area contributed by atoms with Gasteiger partial charge < -0.3 is 46.5 Å². The minimum atomic E-state index is -1.28. The Kier molecular flexibility index (Phi) is 13.3. The Balaban J connectivity index is 0.922. The highest BCUT2D eigenvalue weighted by molar-refractivity contribution is 6.01. The third-order valence-electron chi connectivity index (χ3n) is 17.7. The van der Waals surface area contributed by atoms with E-state index in [9.17, 15) is 29.4 Å². The van der Waals surface area contributed by atoms with Crippen molar-refractivity contribution in [2.45, 2.75) is 178 Å². The smallest absolute Gasteiger partial charge is 0.251 e. The summed E-state index contributed by atoms with van der Waals surface area (Å²) in [5.41, 5.74) is 13.4. The summed E-state index contributed by atoms with van der Waals surface area (Å²) < 4.78 is 20.1. The zero-order chi connectivity index (χ0) is 55.3. The second-order valence-electron chi connectivity index (χ2n) is 24.5. The summed E-state index contributed by atoms with van der Waals surface area (Å²) in [5, 5.41) is 29.8. The van der Waals surface area contributed by atoms with Crippen LogP contribution in [0.25, 0.3) is 0 Å². The van der Waals surface area contributed by atoms with Gasteiger partial charge in [-0.1, -0.05) is 70.2 Å². The molecule has 4 aromatic carbocycles. The number of carbonyl (C=O) groups excluding carboxylic acids is 4. The van der Waals surface area contributed by atoms with Crippen LogP contribution in [0.15, 0.2) is 94.9 Å². The van der Waals surface area contributed by atoms with E-state index in [0.717, 1.165) is 11.1 Å². The number of benzene rings is 4. The van der Waals surface area contributed by atoms with Crippen molar-refractivity contribution in [1.29, 1.82) is 0 Å². The highest BCUT2D eigenvalue weighted by atomic mass is 16.5. The van der Waals surface area contributed by atoms with Crippen LogP contribution in [0.5, 0.6) is 17.2 Å². The number of nitrogens with zero attached hydrogens (tertiary/aromatic N) is 4. The summed E-state index contributed by atoms with van der Waals surface area (Å²) in [6.45, 7) is 19.6. The van der Waals surface area contributed by atoms with E-state index in [4.69, 9.17) is 35.7 Å². The molecule has 0 spiro atoms. The molecule has 17 heteroatoms.